The summed E-state index contributed by atoms with van der Waals surface area (Å²) < 4.78 is 8.34. The summed E-state index contributed by atoms with van der Waals surface area (Å²) in [5.41, 5.74) is 2.05. The first-order valence-corrected chi connectivity index (χ1v) is 9.23. The molecule has 6 heteroatoms. The fourth-order valence-corrected chi connectivity index (χ4v) is 4.74. The van der Waals surface area contributed by atoms with E-state index < -0.39 is 0 Å². The highest BCUT2D eigenvalue weighted by molar-refractivity contribution is 9.11. The van der Waals surface area contributed by atoms with Gasteiger partial charge in [-0.05, 0) is 51.8 Å². The molecule has 0 saturated heterocycles. The number of rotatable bonds is 3. The van der Waals surface area contributed by atoms with E-state index in [0.29, 0.717) is 5.02 Å². The zero-order chi connectivity index (χ0) is 14.9. The van der Waals surface area contributed by atoms with Crippen LogP contribution < -0.4 is 4.74 Å². The second kappa shape index (κ2) is 7.14. The standard InChI is InChI=1S/C14H9Br4ClO/c1-20-14-10(5-8(19)6-12(14)17)13(18)9-4-7(15)2-3-11(9)16/h2-6,13H,1H3. The molecule has 0 aliphatic rings. The Hall–Kier alpha value is 0.450. The first-order chi connectivity index (χ1) is 9.43. The monoisotopic (exact) mass is 544 g/mol. The van der Waals surface area contributed by atoms with E-state index >= 15 is 0 Å². The lowest BCUT2D eigenvalue weighted by Gasteiger charge is -2.18. The summed E-state index contributed by atoms with van der Waals surface area (Å²) in [6.07, 6.45) is 0. The Kier molecular flexibility index (Phi) is 6.00. The van der Waals surface area contributed by atoms with Crippen molar-refractivity contribution in [2.24, 2.45) is 0 Å². The van der Waals surface area contributed by atoms with Gasteiger partial charge in [0.1, 0.15) is 5.75 Å². The van der Waals surface area contributed by atoms with Crippen LogP contribution in [0, 0.1) is 0 Å². The van der Waals surface area contributed by atoms with Crippen LogP contribution in [0.5, 0.6) is 5.75 Å². The number of ether oxygens (including phenoxy) is 1. The predicted octanol–water partition coefficient (Wildman–Crippen LogP) is 7.12. The van der Waals surface area contributed by atoms with Crippen LogP contribution >= 0.6 is 75.3 Å². The zero-order valence-corrected chi connectivity index (χ0v) is 17.4. The van der Waals surface area contributed by atoms with Gasteiger partial charge in [-0.3, -0.25) is 0 Å². The molecule has 1 atom stereocenters. The van der Waals surface area contributed by atoms with Gasteiger partial charge in [0.05, 0.1) is 16.4 Å². The van der Waals surface area contributed by atoms with Gasteiger partial charge in [0.2, 0.25) is 0 Å². The van der Waals surface area contributed by atoms with Crippen LogP contribution in [-0.2, 0) is 0 Å². The van der Waals surface area contributed by atoms with Crippen molar-refractivity contribution in [2.45, 2.75) is 4.83 Å². The van der Waals surface area contributed by atoms with Crippen molar-refractivity contribution in [3.05, 3.63) is 59.9 Å². The summed E-state index contributed by atoms with van der Waals surface area (Å²) in [5.74, 6) is 0.767. The lowest BCUT2D eigenvalue weighted by molar-refractivity contribution is 0.408. The van der Waals surface area contributed by atoms with E-state index in [1.165, 1.54) is 0 Å². The topological polar surface area (TPSA) is 9.23 Å². The third-order valence-electron chi connectivity index (χ3n) is 2.75. The summed E-state index contributed by atoms with van der Waals surface area (Å²) >= 11 is 20.4. The number of alkyl halides is 1. The average Bonchev–Trinajstić information content (AvgIpc) is 2.40. The lowest BCUT2D eigenvalue weighted by Crippen LogP contribution is -1.99. The third-order valence-corrected chi connectivity index (χ3v) is 5.75. The molecule has 106 valence electrons. The minimum Gasteiger partial charge on any atom is -0.495 e. The van der Waals surface area contributed by atoms with E-state index in [9.17, 15) is 0 Å². The molecule has 0 heterocycles. The molecule has 2 rings (SSSR count). The highest BCUT2D eigenvalue weighted by atomic mass is 79.9. The van der Waals surface area contributed by atoms with Crippen LogP contribution in [0.25, 0.3) is 0 Å². The van der Waals surface area contributed by atoms with Crippen molar-refractivity contribution in [1.82, 2.24) is 0 Å². The van der Waals surface area contributed by atoms with Gasteiger partial charge in [-0.1, -0.05) is 59.4 Å². The fourth-order valence-electron chi connectivity index (χ4n) is 1.86. The van der Waals surface area contributed by atoms with E-state index in [1.807, 2.05) is 24.3 Å². The van der Waals surface area contributed by atoms with E-state index in [1.54, 1.807) is 7.11 Å². The molecule has 0 N–H and O–H groups in total. The third kappa shape index (κ3) is 3.61. The van der Waals surface area contributed by atoms with Crippen LogP contribution in [0.1, 0.15) is 16.0 Å². The highest BCUT2D eigenvalue weighted by Gasteiger charge is 2.20. The Morgan fingerprint density at radius 1 is 1.00 bits per heavy atom. The zero-order valence-electron chi connectivity index (χ0n) is 10.3. The van der Waals surface area contributed by atoms with E-state index in [2.05, 4.69) is 69.8 Å². The molecule has 0 amide bonds. The Bertz CT molecular complexity index is 645. The SMILES string of the molecule is COc1c(Br)cc(Cl)cc1C(Br)c1cc(Br)ccc1Br. The summed E-state index contributed by atoms with van der Waals surface area (Å²) in [4.78, 5) is -0.0423. The number of hydrogen-bond acceptors (Lipinski definition) is 1. The highest BCUT2D eigenvalue weighted by Crippen LogP contribution is 2.44. The second-order valence-electron chi connectivity index (χ2n) is 4.04. The number of benzene rings is 2. The van der Waals surface area contributed by atoms with E-state index in [0.717, 1.165) is 30.3 Å². The van der Waals surface area contributed by atoms with Gasteiger partial charge in [-0.15, -0.1) is 0 Å². The van der Waals surface area contributed by atoms with Crippen LogP contribution in [0.4, 0.5) is 0 Å². The molecule has 0 aliphatic carbocycles. The first kappa shape index (κ1) is 16.8. The summed E-state index contributed by atoms with van der Waals surface area (Å²) in [6, 6.07) is 9.76. The van der Waals surface area contributed by atoms with Crippen molar-refractivity contribution in [2.75, 3.05) is 7.11 Å². The summed E-state index contributed by atoms with van der Waals surface area (Å²) in [5, 5.41) is 0.656. The quantitative estimate of drug-likeness (QED) is 0.372. The fraction of sp³-hybridized carbons (Fsp3) is 0.143. The number of hydrogen-bond donors (Lipinski definition) is 0. The maximum atomic E-state index is 6.15. The predicted molar refractivity (Wildman–Crippen MR) is 98.3 cm³/mol. The van der Waals surface area contributed by atoms with Crippen molar-refractivity contribution in [3.63, 3.8) is 0 Å². The molecular formula is C14H9Br4ClO. The molecule has 0 spiro atoms. The normalized spacial score (nSPS) is 12.3. The molecule has 1 nitrogen and oxygen atoms in total. The Morgan fingerprint density at radius 3 is 2.35 bits per heavy atom. The van der Waals surface area contributed by atoms with E-state index in [4.69, 9.17) is 16.3 Å². The summed E-state index contributed by atoms with van der Waals surface area (Å²) in [7, 11) is 1.65. The van der Waals surface area contributed by atoms with Gasteiger partial charge in [0.15, 0.2) is 0 Å². The molecule has 0 radical (unpaired) electrons. The second-order valence-corrected chi connectivity index (χ2v) is 8.01. The van der Waals surface area contributed by atoms with Crippen LogP contribution in [0.15, 0.2) is 43.7 Å². The van der Waals surface area contributed by atoms with Gasteiger partial charge in [0.25, 0.3) is 0 Å². The van der Waals surface area contributed by atoms with Crippen molar-refractivity contribution >= 4 is 75.3 Å². The van der Waals surface area contributed by atoms with Crippen molar-refractivity contribution in [3.8, 4) is 5.75 Å². The molecular weight excluding hydrogens is 539 g/mol. The van der Waals surface area contributed by atoms with Crippen molar-refractivity contribution < 1.29 is 4.74 Å². The molecule has 20 heavy (non-hydrogen) atoms. The molecule has 0 aromatic heterocycles. The molecule has 0 aliphatic heterocycles. The number of halogens is 5. The molecule has 0 bridgehead atoms. The van der Waals surface area contributed by atoms with Gasteiger partial charge < -0.3 is 4.74 Å². The first-order valence-electron chi connectivity index (χ1n) is 5.56. The Morgan fingerprint density at radius 2 is 1.70 bits per heavy atom. The molecule has 2 aromatic rings. The Balaban J connectivity index is 2.58. The van der Waals surface area contributed by atoms with Crippen LogP contribution in [0.2, 0.25) is 5.02 Å². The van der Waals surface area contributed by atoms with Crippen molar-refractivity contribution in [1.29, 1.82) is 0 Å². The maximum Gasteiger partial charge on any atom is 0.137 e. The van der Waals surface area contributed by atoms with E-state index in [-0.39, 0.29) is 4.83 Å². The van der Waals surface area contributed by atoms with Crippen LogP contribution in [-0.4, -0.2) is 7.11 Å². The Labute approximate surface area is 156 Å². The lowest BCUT2D eigenvalue weighted by atomic mass is 10.0. The molecule has 0 fully saturated rings. The average molecular weight is 548 g/mol. The number of methoxy groups -OCH3 is 1. The maximum absolute atomic E-state index is 6.15. The van der Waals surface area contributed by atoms with Gasteiger partial charge in [0, 0.05) is 19.5 Å². The smallest absolute Gasteiger partial charge is 0.137 e. The molecule has 0 saturated carbocycles. The molecule has 1 unspecified atom stereocenters. The minimum absolute atomic E-state index is 0.0423. The van der Waals surface area contributed by atoms with Gasteiger partial charge in [-0.25, -0.2) is 0 Å². The van der Waals surface area contributed by atoms with Crippen LogP contribution in [0.3, 0.4) is 0 Å². The van der Waals surface area contributed by atoms with Gasteiger partial charge >= 0.3 is 0 Å². The summed E-state index contributed by atoms with van der Waals surface area (Å²) in [6.45, 7) is 0. The minimum atomic E-state index is -0.0423. The van der Waals surface area contributed by atoms with Gasteiger partial charge in [-0.2, -0.15) is 0 Å². The molecule has 2 aromatic carbocycles. The largest absolute Gasteiger partial charge is 0.495 e.